The van der Waals surface area contributed by atoms with Crippen LogP contribution in [0.2, 0.25) is 5.02 Å². The molecule has 3 rings (SSSR count). The Morgan fingerprint density at radius 2 is 2.00 bits per heavy atom. The Balaban J connectivity index is 2.12. The van der Waals surface area contributed by atoms with Crippen molar-refractivity contribution in [3.05, 3.63) is 53.3 Å². The number of nitrogens with two attached hydrogens (primary N) is 1. The molecule has 0 saturated carbocycles. The Kier molecular flexibility index (Phi) is 4.10. The molecule has 0 aromatic heterocycles. The number of halogens is 2. The first kappa shape index (κ1) is 16.5. The Morgan fingerprint density at radius 3 is 2.67 bits per heavy atom. The summed E-state index contributed by atoms with van der Waals surface area (Å²) >= 11 is 5.68. The molecule has 1 aliphatic heterocycles. The molecular formula is C15H12ClFN2O4S. The minimum absolute atomic E-state index is 0.200. The van der Waals surface area contributed by atoms with Crippen molar-refractivity contribution in [2.45, 2.75) is 11.0 Å². The second kappa shape index (κ2) is 5.95. The fourth-order valence-corrected chi connectivity index (χ4v) is 4.09. The van der Waals surface area contributed by atoms with Gasteiger partial charge in [0, 0.05) is 0 Å². The van der Waals surface area contributed by atoms with Gasteiger partial charge in [-0.15, -0.1) is 0 Å². The van der Waals surface area contributed by atoms with E-state index < -0.39 is 27.9 Å². The number of rotatable bonds is 3. The van der Waals surface area contributed by atoms with Crippen LogP contribution in [0, 0.1) is 5.82 Å². The molecule has 1 atom stereocenters. The lowest BCUT2D eigenvalue weighted by molar-refractivity contribution is -0.124. The van der Waals surface area contributed by atoms with E-state index in [1.165, 1.54) is 12.1 Å². The van der Waals surface area contributed by atoms with Gasteiger partial charge in [0.2, 0.25) is 0 Å². The van der Waals surface area contributed by atoms with Crippen LogP contribution in [0.5, 0.6) is 5.75 Å². The largest absolute Gasteiger partial charge is 0.476 e. The first-order valence-electron chi connectivity index (χ1n) is 6.83. The Bertz CT molecular complexity index is 919. The molecule has 0 aliphatic carbocycles. The van der Waals surface area contributed by atoms with Gasteiger partial charge in [0.15, 0.2) is 6.10 Å². The van der Waals surface area contributed by atoms with E-state index >= 15 is 0 Å². The second-order valence-electron chi connectivity index (χ2n) is 5.09. The van der Waals surface area contributed by atoms with Crippen molar-refractivity contribution in [1.29, 1.82) is 0 Å². The number of anilines is 1. The average molecular weight is 371 g/mol. The van der Waals surface area contributed by atoms with Crippen molar-refractivity contribution >= 4 is 33.2 Å². The molecular weight excluding hydrogens is 359 g/mol. The number of carbonyl (C=O) groups is 1. The lowest BCUT2D eigenvalue weighted by Crippen LogP contribution is -2.49. The predicted molar refractivity (Wildman–Crippen MR) is 86.0 cm³/mol. The second-order valence-corrected chi connectivity index (χ2v) is 7.36. The summed E-state index contributed by atoms with van der Waals surface area (Å²) in [5.41, 5.74) is 5.52. The van der Waals surface area contributed by atoms with Gasteiger partial charge < -0.3 is 10.5 Å². The van der Waals surface area contributed by atoms with Gasteiger partial charge in [-0.2, -0.15) is 0 Å². The van der Waals surface area contributed by atoms with Crippen molar-refractivity contribution in [3.8, 4) is 5.75 Å². The zero-order valence-corrected chi connectivity index (χ0v) is 13.7. The first-order valence-corrected chi connectivity index (χ1v) is 8.65. The van der Waals surface area contributed by atoms with Crippen LogP contribution < -0.4 is 14.8 Å². The van der Waals surface area contributed by atoms with Crippen LogP contribution in [0.3, 0.4) is 0 Å². The quantitative estimate of drug-likeness (QED) is 0.893. The number of primary amides is 1. The van der Waals surface area contributed by atoms with Crippen LogP contribution in [-0.4, -0.2) is 27.0 Å². The summed E-state index contributed by atoms with van der Waals surface area (Å²) in [5, 5.41) is -0.316. The average Bonchev–Trinajstić information content (AvgIpc) is 2.56. The number of hydrogen-bond acceptors (Lipinski definition) is 4. The molecule has 2 aromatic carbocycles. The van der Waals surface area contributed by atoms with Gasteiger partial charge in [-0.25, -0.2) is 12.8 Å². The fourth-order valence-electron chi connectivity index (χ4n) is 2.34. The van der Waals surface area contributed by atoms with Crippen molar-refractivity contribution in [1.82, 2.24) is 0 Å². The molecule has 0 radical (unpaired) electrons. The van der Waals surface area contributed by atoms with Gasteiger partial charge in [0.05, 0.1) is 22.2 Å². The number of ether oxygens (including phenoxy) is 1. The minimum Gasteiger partial charge on any atom is -0.476 e. The first-order chi connectivity index (χ1) is 11.3. The van der Waals surface area contributed by atoms with E-state index in [0.717, 1.165) is 22.5 Å². The van der Waals surface area contributed by atoms with Crippen molar-refractivity contribution in [2.75, 3.05) is 10.8 Å². The van der Waals surface area contributed by atoms with Crippen molar-refractivity contribution < 1.29 is 22.3 Å². The van der Waals surface area contributed by atoms with Crippen LogP contribution in [0.4, 0.5) is 10.1 Å². The van der Waals surface area contributed by atoms with Gasteiger partial charge in [0.25, 0.3) is 15.9 Å². The van der Waals surface area contributed by atoms with Crippen LogP contribution in [0.1, 0.15) is 0 Å². The van der Waals surface area contributed by atoms with Gasteiger partial charge in [-0.1, -0.05) is 23.7 Å². The van der Waals surface area contributed by atoms with E-state index in [1.807, 2.05) is 0 Å². The summed E-state index contributed by atoms with van der Waals surface area (Å²) in [6, 6.07) is 9.43. The third-order valence-electron chi connectivity index (χ3n) is 3.53. The monoisotopic (exact) mass is 370 g/mol. The minimum atomic E-state index is -4.09. The molecule has 0 saturated heterocycles. The third-order valence-corrected chi connectivity index (χ3v) is 5.60. The van der Waals surface area contributed by atoms with E-state index in [0.29, 0.717) is 0 Å². The maximum atomic E-state index is 13.3. The molecule has 9 heteroatoms. The van der Waals surface area contributed by atoms with Crippen LogP contribution >= 0.6 is 11.6 Å². The van der Waals surface area contributed by atoms with E-state index in [-0.39, 0.29) is 27.9 Å². The number of para-hydroxylation sites is 2. The van der Waals surface area contributed by atoms with Crippen LogP contribution in [0.15, 0.2) is 47.4 Å². The smallest absolute Gasteiger partial charge is 0.264 e. The number of sulfonamides is 1. The lowest BCUT2D eigenvalue weighted by Gasteiger charge is -2.34. The normalized spacial score (nSPS) is 17.1. The van der Waals surface area contributed by atoms with Gasteiger partial charge >= 0.3 is 0 Å². The highest BCUT2D eigenvalue weighted by atomic mass is 35.5. The summed E-state index contributed by atoms with van der Waals surface area (Å²) in [7, 11) is -4.09. The Labute approximate surface area is 142 Å². The Morgan fingerprint density at radius 1 is 1.29 bits per heavy atom. The number of hydrogen-bond donors (Lipinski definition) is 1. The zero-order valence-electron chi connectivity index (χ0n) is 12.1. The fraction of sp³-hybridized carbons (Fsp3) is 0.133. The summed E-state index contributed by atoms with van der Waals surface area (Å²) in [5.74, 6) is -1.31. The maximum absolute atomic E-state index is 13.3. The highest BCUT2D eigenvalue weighted by molar-refractivity contribution is 7.92. The summed E-state index contributed by atoms with van der Waals surface area (Å²) in [6.07, 6.45) is -1.13. The lowest BCUT2D eigenvalue weighted by atomic mass is 10.2. The van der Waals surface area contributed by atoms with Crippen molar-refractivity contribution in [2.24, 2.45) is 5.73 Å². The van der Waals surface area contributed by atoms with Gasteiger partial charge in [-0.3, -0.25) is 9.10 Å². The number of carbonyl (C=O) groups excluding carboxylic acids is 1. The molecule has 2 aromatic rings. The number of benzene rings is 2. The summed E-state index contributed by atoms with van der Waals surface area (Å²) in [6.45, 7) is -0.288. The van der Waals surface area contributed by atoms with Gasteiger partial charge in [-0.05, 0) is 30.3 Å². The number of amides is 1. The molecule has 2 N–H and O–H groups in total. The summed E-state index contributed by atoms with van der Waals surface area (Å²) < 4.78 is 45.6. The van der Waals surface area contributed by atoms with E-state index in [4.69, 9.17) is 22.1 Å². The number of fused-ring (bicyclic) bond motifs is 1. The molecule has 0 unspecified atom stereocenters. The molecule has 126 valence electrons. The predicted octanol–water partition coefficient (Wildman–Crippen LogP) is 1.92. The summed E-state index contributed by atoms with van der Waals surface area (Å²) in [4.78, 5) is 11.3. The zero-order chi connectivity index (χ0) is 17.5. The topological polar surface area (TPSA) is 89.7 Å². The number of nitrogens with zero attached hydrogens (tertiary/aromatic N) is 1. The third kappa shape index (κ3) is 2.78. The van der Waals surface area contributed by atoms with E-state index in [9.17, 15) is 17.6 Å². The molecule has 1 amide bonds. The molecule has 6 nitrogen and oxygen atoms in total. The molecule has 1 aliphatic rings. The van der Waals surface area contributed by atoms with Crippen molar-refractivity contribution in [3.63, 3.8) is 0 Å². The molecule has 24 heavy (non-hydrogen) atoms. The molecule has 0 spiro atoms. The molecule has 0 bridgehead atoms. The van der Waals surface area contributed by atoms with E-state index in [2.05, 4.69) is 0 Å². The van der Waals surface area contributed by atoms with Crippen LogP contribution in [0.25, 0.3) is 0 Å². The maximum Gasteiger partial charge on any atom is 0.264 e. The van der Waals surface area contributed by atoms with E-state index in [1.54, 1.807) is 12.1 Å². The highest BCUT2D eigenvalue weighted by Gasteiger charge is 2.36. The highest BCUT2D eigenvalue weighted by Crippen LogP contribution is 2.37. The SMILES string of the molecule is NC(=O)[C@H]1CN(S(=O)(=O)c2ccc(F)c(Cl)c2)c2ccccc2O1. The molecule has 1 heterocycles. The molecule has 0 fully saturated rings. The van der Waals surface area contributed by atoms with Crippen LogP contribution in [-0.2, 0) is 14.8 Å². The standard InChI is InChI=1S/C15H12ClFN2O4S/c16-10-7-9(5-6-11(10)17)24(21,22)19-8-14(15(18)20)23-13-4-2-1-3-12(13)19/h1-7,14H,8H2,(H2,18,20)/t14-/m1/s1. The Hall–Kier alpha value is -2.32. The van der Waals surface area contributed by atoms with Gasteiger partial charge in [0.1, 0.15) is 11.6 Å².